The van der Waals surface area contributed by atoms with E-state index in [0.29, 0.717) is 48.6 Å². The number of aromatic nitrogens is 4. The number of hydrogen-bond donors (Lipinski definition) is 1. The molecule has 10 nitrogen and oxygen atoms in total. The molecule has 1 amide bonds. The van der Waals surface area contributed by atoms with Gasteiger partial charge in [0.05, 0.1) is 12.8 Å². The summed E-state index contributed by atoms with van der Waals surface area (Å²) >= 11 is 0. The van der Waals surface area contributed by atoms with Gasteiger partial charge in [-0.25, -0.2) is 4.79 Å². The molecule has 1 N–H and O–H groups in total. The zero-order chi connectivity index (χ0) is 35.4. The number of rotatable bonds is 10. The lowest BCUT2D eigenvalue weighted by atomic mass is 9.82. The van der Waals surface area contributed by atoms with Crippen molar-refractivity contribution < 1.29 is 27.4 Å². The van der Waals surface area contributed by atoms with Gasteiger partial charge in [-0.3, -0.25) is 9.80 Å². The quantitative estimate of drug-likeness (QED) is 0.188. The van der Waals surface area contributed by atoms with E-state index < -0.39 is 18.1 Å². The number of piperazine rings is 1. The molecule has 7 rings (SSSR count). The SMILES string of the molecule is COc1ccc(-n2nnnc2C(F)(F)F)cc1CN1C[C@@H]2C[C@H](NC(=O)OCc3ccccc3)CN2[C@H](C(c2ccccc2)c2ccccc2)C1. The molecule has 0 unspecified atom stereocenters. The molecule has 0 radical (unpaired) electrons. The van der Waals surface area contributed by atoms with E-state index in [2.05, 4.69) is 54.9 Å². The topological polar surface area (TPSA) is 97.6 Å². The van der Waals surface area contributed by atoms with E-state index in [-0.39, 0.29) is 36.3 Å². The van der Waals surface area contributed by atoms with E-state index in [0.717, 1.165) is 5.56 Å². The summed E-state index contributed by atoms with van der Waals surface area (Å²) in [5.74, 6) is -0.646. The zero-order valence-corrected chi connectivity index (χ0v) is 28.0. The Bertz CT molecular complexity index is 1870. The zero-order valence-electron chi connectivity index (χ0n) is 28.0. The maximum absolute atomic E-state index is 13.7. The molecule has 5 aromatic rings. The van der Waals surface area contributed by atoms with Crippen LogP contribution in [0.4, 0.5) is 18.0 Å². The molecule has 3 heterocycles. The number of nitrogens with one attached hydrogen (secondary N) is 1. The molecule has 51 heavy (non-hydrogen) atoms. The maximum atomic E-state index is 13.7. The van der Waals surface area contributed by atoms with Crippen LogP contribution in [-0.2, 0) is 24.1 Å². The van der Waals surface area contributed by atoms with Gasteiger partial charge in [0.1, 0.15) is 12.4 Å². The summed E-state index contributed by atoms with van der Waals surface area (Å²) in [6.07, 6.45) is -4.47. The van der Waals surface area contributed by atoms with Crippen molar-refractivity contribution in [3.05, 3.63) is 137 Å². The molecule has 2 fully saturated rings. The van der Waals surface area contributed by atoms with Gasteiger partial charge in [0.15, 0.2) is 0 Å². The monoisotopic (exact) mass is 697 g/mol. The minimum atomic E-state index is -4.72. The number of ether oxygens (including phenoxy) is 2. The van der Waals surface area contributed by atoms with Gasteiger partial charge in [0.25, 0.3) is 5.82 Å². The van der Waals surface area contributed by atoms with Gasteiger partial charge in [-0.2, -0.15) is 17.9 Å². The Morgan fingerprint density at radius 2 is 1.57 bits per heavy atom. The Hall–Kier alpha value is -5.27. The Balaban J connectivity index is 1.18. The van der Waals surface area contributed by atoms with Gasteiger partial charge in [-0.1, -0.05) is 91.0 Å². The molecule has 0 bridgehead atoms. The van der Waals surface area contributed by atoms with Crippen molar-refractivity contribution in [2.45, 2.75) is 49.8 Å². The standard InChI is InChI=1S/C38H38F3N7O3/c1-50-34-18-17-31(48-36(38(39,40)41)43-44-45-48)19-29(34)21-46-23-32-20-30(42-37(49)51-25-26-11-5-2-6-12-26)22-47(32)33(24-46)35(27-13-7-3-8-14-27)28-15-9-4-10-16-28/h2-19,30,32-33,35H,20-25H2,1H3,(H,42,49)/t30-,32-,33-/m0/s1. The number of benzene rings is 4. The van der Waals surface area contributed by atoms with Crippen molar-refractivity contribution in [1.29, 1.82) is 0 Å². The second-order valence-electron chi connectivity index (χ2n) is 13.0. The van der Waals surface area contributed by atoms with Crippen LogP contribution in [0.3, 0.4) is 0 Å². The number of tetrazole rings is 1. The van der Waals surface area contributed by atoms with Crippen LogP contribution < -0.4 is 10.1 Å². The summed E-state index contributed by atoms with van der Waals surface area (Å²) in [6.45, 7) is 2.58. The molecular weight excluding hydrogens is 659 g/mol. The van der Waals surface area contributed by atoms with E-state index >= 15 is 0 Å². The first kappa shape index (κ1) is 34.2. The Morgan fingerprint density at radius 3 is 2.22 bits per heavy atom. The number of amides is 1. The van der Waals surface area contributed by atoms with Gasteiger partial charge < -0.3 is 14.8 Å². The maximum Gasteiger partial charge on any atom is 0.453 e. The molecule has 0 saturated carbocycles. The first-order chi connectivity index (χ1) is 24.8. The predicted octanol–water partition coefficient (Wildman–Crippen LogP) is 6.08. The van der Waals surface area contributed by atoms with Crippen LogP contribution >= 0.6 is 0 Å². The van der Waals surface area contributed by atoms with Crippen molar-refractivity contribution in [1.82, 2.24) is 35.3 Å². The molecular formula is C38H38F3N7O3. The van der Waals surface area contributed by atoms with Crippen LogP contribution in [-0.4, -0.2) is 81.0 Å². The van der Waals surface area contributed by atoms with Crippen LogP contribution in [0.5, 0.6) is 5.75 Å². The van der Waals surface area contributed by atoms with Gasteiger partial charge in [-0.15, -0.1) is 5.10 Å². The highest BCUT2D eigenvalue weighted by Gasteiger charge is 2.45. The summed E-state index contributed by atoms with van der Waals surface area (Å²) in [4.78, 5) is 17.8. The Kier molecular flexibility index (Phi) is 10.00. The lowest BCUT2D eigenvalue weighted by Crippen LogP contribution is -2.58. The first-order valence-electron chi connectivity index (χ1n) is 16.8. The van der Waals surface area contributed by atoms with Crippen molar-refractivity contribution in [2.24, 2.45) is 0 Å². The van der Waals surface area contributed by atoms with Crippen molar-refractivity contribution >= 4 is 6.09 Å². The number of methoxy groups -OCH3 is 1. The summed E-state index contributed by atoms with van der Waals surface area (Å²) in [5.41, 5.74) is 4.15. The molecule has 0 aliphatic carbocycles. The third kappa shape index (κ3) is 7.74. The average molecular weight is 698 g/mol. The Labute approximate surface area is 293 Å². The summed E-state index contributed by atoms with van der Waals surface area (Å²) in [5, 5.41) is 13.3. The second kappa shape index (κ2) is 14.9. The number of hydrogen-bond acceptors (Lipinski definition) is 8. The first-order valence-corrected chi connectivity index (χ1v) is 16.8. The van der Waals surface area contributed by atoms with Crippen LogP contribution in [0.15, 0.2) is 109 Å². The van der Waals surface area contributed by atoms with E-state index in [1.807, 2.05) is 66.7 Å². The van der Waals surface area contributed by atoms with Crippen LogP contribution in [0.1, 0.15) is 40.4 Å². The third-order valence-electron chi connectivity index (χ3n) is 9.66. The number of carbonyl (C=O) groups is 1. The fourth-order valence-electron chi connectivity index (χ4n) is 7.49. The average Bonchev–Trinajstić information content (AvgIpc) is 3.80. The fraction of sp³-hybridized carbons (Fsp3) is 0.316. The predicted molar refractivity (Wildman–Crippen MR) is 183 cm³/mol. The number of fused-ring (bicyclic) bond motifs is 1. The number of nitrogens with zero attached hydrogens (tertiary/aromatic N) is 6. The lowest BCUT2D eigenvalue weighted by Gasteiger charge is -2.47. The number of carbonyl (C=O) groups excluding carboxylic acids is 1. The largest absolute Gasteiger partial charge is 0.496 e. The summed E-state index contributed by atoms with van der Waals surface area (Å²) in [7, 11) is 1.54. The van der Waals surface area contributed by atoms with E-state index in [9.17, 15) is 18.0 Å². The molecule has 2 aliphatic rings. The minimum absolute atomic E-state index is 0.00489. The number of halogens is 3. The highest BCUT2D eigenvalue weighted by Crippen LogP contribution is 2.39. The van der Waals surface area contributed by atoms with Crippen LogP contribution in [0.2, 0.25) is 0 Å². The smallest absolute Gasteiger partial charge is 0.453 e. The van der Waals surface area contributed by atoms with E-state index in [1.54, 1.807) is 19.2 Å². The fourth-order valence-corrected chi connectivity index (χ4v) is 7.49. The van der Waals surface area contributed by atoms with Crippen LogP contribution in [0, 0.1) is 0 Å². The molecule has 1 aromatic heterocycles. The molecule has 0 spiro atoms. The van der Waals surface area contributed by atoms with Gasteiger partial charge in [-0.05, 0) is 51.7 Å². The molecule has 2 aliphatic heterocycles. The minimum Gasteiger partial charge on any atom is -0.496 e. The van der Waals surface area contributed by atoms with Crippen molar-refractivity contribution in [2.75, 3.05) is 26.7 Å². The molecule has 264 valence electrons. The molecule has 4 aromatic carbocycles. The third-order valence-corrected chi connectivity index (χ3v) is 9.66. The Morgan fingerprint density at radius 1 is 0.902 bits per heavy atom. The molecule has 2 saturated heterocycles. The van der Waals surface area contributed by atoms with E-state index in [4.69, 9.17) is 9.47 Å². The summed E-state index contributed by atoms with van der Waals surface area (Å²) in [6, 6.07) is 35.1. The van der Waals surface area contributed by atoms with Gasteiger partial charge in [0.2, 0.25) is 0 Å². The number of alkyl halides is 3. The summed E-state index contributed by atoms with van der Waals surface area (Å²) < 4.78 is 53.1. The molecule has 13 heteroatoms. The van der Waals surface area contributed by atoms with Crippen molar-refractivity contribution in [3.63, 3.8) is 0 Å². The highest BCUT2D eigenvalue weighted by molar-refractivity contribution is 5.67. The van der Waals surface area contributed by atoms with Gasteiger partial charge >= 0.3 is 12.3 Å². The van der Waals surface area contributed by atoms with Gasteiger partial charge in [0, 0.05) is 55.8 Å². The second-order valence-corrected chi connectivity index (χ2v) is 13.0. The van der Waals surface area contributed by atoms with Crippen molar-refractivity contribution in [3.8, 4) is 11.4 Å². The lowest BCUT2D eigenvalue weighted by molar-refractivity contribution is -0.146. The molecule has 3 atom stereocenters. The number of alkyl carbamates (subject to hydrolysis) is 1. The highest BCUT2D eigenvalue weighted by atomic mass is 19.4. The van der Waals surface area contributed by atoms with Crippen LogP contribution in [0.25, 0.3) is 5.69 Å². The van der Waals surface area contributed by atoms with E-state index in [1.165, 1.54) is 17.2 Å². The normalized spacial score (nSPS) is 19.5.